The highest BCUT2D eigenvalue weighted by atomic mass is 19.2. The highest BCUT2D eigenvalue weighted by Gasteiger charge is 2.68. The van der Waals surface area contributed by atoms with Crippen LogP contribution in [-0.2, 0) is 28.4 Å². The molecular weight excluding hydrogens is 797 g/mol. The molecule has 40 heteroatoms. The van der Waals surface area contributed by atoms with E-state index in [0.717, 1.165) is 0 Å². The monoisotopic (exact) mass is 814 g/mol. The Morgan fingerprint density at radius 1 is 0.389 bits per heavy atom. The summed E-state index contributed by atoms with van der Waals surface area (Å²) < 4.78 is 68.8. The Balaban J connectivity index is 7.26. The van der Waals surface area contributed by atoms with E-state index >= 15 is 0 Å². The van der Waals surface area contributed by atoms with Gasteiger partial charge in [-0.15, -0.1) is 0 Å². The predicted octanol–water partition coefficient (Wildman–Crippen LogP) is -3.32. The first kappa shape index (κ1) is 47.5. The number of halogens is 3. The maximum Gasteiger partial charge on any atom is 0.638 e. The fourth-order valence-corrected chi connectivity index (χ4v) is 2.63. The number of aliphatic hydroxyl groups is 1. The molecule has 0 atom stereocenters. The van der Waals surface area contributed by atoms with Gasteiger partial charge in [-0.2, -0.15) is 0 Å². The average Bonchev–Trinajstić information content (AvgIpc) is 3.06. The third-order valence-corrected chi connectivity index (χ3v) is 5.90. The molecule has 0 rings (SSSR count). The van der Waals surface area contributed by atoms with Crippen LogP contribution in [0.1, 0.15) is 0 Å². The second kappa shape index (κ2) is 17.8. The molecule has 0 radical (unpaired) electrons. The molecule has 0 saturated carbocycles. The van der Waals surface area contributed by atoms with Crippen LogP contribution >= 0.6 is 0 Å². The van der Waals surface area contributed by atoms with Crippen molar-refractivity contribution in [3.63, 3.8) is 0 Å². The molecule has 0 aliphatic heterocycles. The van der Waals surface area contributed by atoms with E-state index in [1.54, 1.807) is 0 Å². The van der Waals surface area contributed by atoms with E-state index in [0.29, 0.717) is 0 Å². The number of aliphatic hydroxyl groups excluding tert-OH is 1. The Morgan fingerprint density at radius 2 is 0.630 bits per heavy atom. The lowest BCUT2D eigenvalue weighted by molar-refractivity contribution is -0.845. The average molecular weight is 814 g/mol. The molecule has 0 saturated heterocycles. The highest BCUT2D eigenvalue weighted by molar-refractivity contribution is 4.69. The number of rotatable bonds is 29. The number of alkyl halides is 3. The first-order chi connectivity index (χ1) is 24.5. The second-order valence-corrected chi connectivity index (χ2v) is 9.32. The third-order valence-electron chi connectivity index (χ3n) is 5.90. The van der Waals surface area contributed by atoms with E-state index in [4.69, 9.17) is 5.11 Å². The Bertz CT molecular complexity index is 1360. The van der Waals surface area contributed by atoms with Gasteiger partial charge in [0.1, 0.15) is 56.0 Å². The van der Waals surface area contributed by atoms with Crippen molar-refractivity contribution < 1.29 is 95.9 Å². The Labute approximate surface area is 286 Å². The van der Waals surface area contributed by atoms with Crippen LogP contribution in [-0.4, -0.2) is 143 Å². The molecule has 0 heterocycles. The molecule has 0 bridgehead atoms. The van der Waals surface area contributed by atoms with E-state index in [1.807, 2.05) is 0 Å². The topological polar surface area (TPSA) is 507 Å². The van der Waals surface area contributed by atoms with Crippen LogP contribution < -0.4 is 0 Å². The smallest absolute Gasteiger partial charge is 0.382 e. The molecular formula is C14H17F3N10O27. The van der Waals surface area contributed by atoms with Gasteiger partial charge in [0.05, 0.1) is 0 Å². The van der Waals surface area contributed by atoms with Crippen molar-refractivity contribution in [3.05, 3.63) is 101 Å². The van der Waals surface area contributed by atoms with Crippen molar-refractivity contribution >= 4 is 0 Å². The van der Waals surface area contributed by atoms with Crippen LogP contribution in [0.25, 0.3) is 0 Å². The number of hydrogen-bond acceptors (Lipinski definition) is 27. The molecule has 1 N–H and O–H groups in total. The summed E-state index contributed by atoms with van der Waals surface area (Å²) >= 11 is 0. The maximum atomic E-state index is 14.6. The van der Waals surface area contributed by atoms with Crippen LogP contribution in [0, 0.1) is 101 Å². The van der Waals surface area contributed by atoms with E-state index in [9.17, 15) is 114 Å². The van der Waals surface area contributed by atoms with Crippen molar-refractivity contribution in [2.45, 2.75) is 35.2 Å². The molecule has 0 amide bonds. The minimum absolute atomic E-state index is 1.68. The Hall–Kier alpha value is -6.49. The van der Waals surface area contributed by atoms with E-state index in [-0.39, 0.29) is 0 Å². The summed E-state index contributed by atoms with van der Waals surface area (Å²) in [5.74, 6) is -15.9. The van der Waals surface area contributed by atoms with Gasteiger partial charge in [-0.25, -0.2) is 0 Å². The summed E-state index contributed by atoms with van der Waals surface area (Å²) in [4.78, 5) is 89.0. The molecule has 306 valence electrons. The first-order valence-corrected chi connectivity index (χ1v) is 12.4. The summed E-state index contributed by atoms with van der Waals surface area (Å²) in [6.45, 7) is -19.2. The van der Waals surface area contributed by atoms with Gasteiger partial charge in [0.2, 0.25) is 19.8 Å². The van der Waals surface area contributed by atoms with E-state index in [2.05, 4.69) is 28.4 Å². The minimum atomic E-state index is -5.29. The fourth-order valence-electron chi connectivity index (χ4n) is 2.63. The zero-order chi connectivity index (χ0) is 42.7. The number of nitro groups is 10. The summed E-state index contributed by atoms with van der Waals surface area (Å²) in [7, 11) is 0. The summed E-state index contributed by atoms with van der Waals surface area (Å²) in [5, 5.41) is 121. The molecule has 0 spiro atoms. The third kappa shape index (κ3) is 10.1. The predicted molar refractivity (Wildman–Crippen MR) is 137 cm³/mol. The summed E-state index contributed by atoms with van der Waals surface area (Å²) in [6, 6.07) is 0. The fraction of sp³-hybridized carbons (Fsp3) is 1.00. The van der Waals surface area contributed by atoms with Crippen molar-refractivity contribution in [1.29, 1.82) is 0 Å². The van der Waals surface area contributed by atoms with E-state index < -0.39 is 138 Å². The lowest BCUT2D eigenvalue weighted by Gasteiger charge is -2.32. The van der Waals surface area contributed by atoms with Gasteiger partial charge in [0.25, 0.3) is 0 Å². The summed E-state index contributed by atoms with van der Waals surface area (Å²) in [5.41, 5.74) is -7.85. The van der Waals surface area contributed by atoms with Crippen LogP contribution in [0.5, 0.6) is 0 Å². The lowest BCUT2D eigenvalue weighted by Crippen LogP contribution is -2.60. The van der Waals surface area contributed by atoms with Crippen LogP contribution in [0.4, 0.5) is 13.2 Å². The normalized spacial score (nSPS) is 12.7. The van der Waals surface area contributed by atoms with Gasteiger partial charge in [-0.05, 0) is 0 Å². The zero-order valence-electron chi connectivity index (χ0n) is 25.3. The number of hydrogen-bond donors (Lipinski definition) is 1. The zero-order valence-corrected chi connectivity index (χ0v) is 25.3. The van der Waals surface area contributed by atoms with Gasteiger partial charge in [0, 0.05) is 0 Å². The molecule has 0 aliphatic carbocycles. The minimum Gasteiger partial charge on any atom is -0.382 e. The van der Waals surface area contributed by atoms with Gasteiger partial charge in [-0.3, -0.25) is 120 Å². The highest BCUT2D eigenvalue weighted by Crippen LogP contribution is 2.30. The van der Waals surface area contributed by atoms with Crippen molar-refractivity contribution in [1.82, 2.24) is 0 Å². The first-order valence-electron chi connectivity index (χ1n) is 12.4. The van der Waals surface area contributed by atoms with Gasteiger partial charge in [0.15, 0.2) is 26.4 Å². The van der Waals surface area contributed by atoms with E-state index in [1.165, 1.54) is 0 Å². The molecule has 0 aliphatic rings. The second-order valence-electron chi connectivity index (χ2n) is 9.32. The lowest BCUT2D eigenvalue weighted by atomic mass is 10.2. The van der Waals surface area contributed by atoms with Gasteiger partial charge < -0.3 is 14.6 Å². The quantitative estimate of drug-likeness (QED) is 0.0254. The summed E-state index contributed by atoms with van der Waals surface area (Å²) in [6.07, 6.45) is -5.04. The molecule has 0 aromatic heterocycles. The molecule has 0 aromatic rings. The Morgan fingerprint density at radius 3 is 0.852 bits per heavy atom. The number of ether oxygens (including phenoxy) is 6. The van der Waals surface area contributed by atoms with Gasteiger partial charge in [-0.1, -0.05) is 13.2 Å². The van der Waals surface area contributed by atoms with Crippen LogP contribution in [0.3, 0.4) is 0 Å². The van der Waals surface area contributed by atoms with Gasteiger partial charge >= 0.3 is 35.2 Å². The molecule has 0 aromatic carbocycles. The maximum absolute atomic E-state index is 14.6. The molecule has 0 fully saturated rings. The standard InChI is InChI=1S/C14H17F3N10O27/c15-11(22(37)38,23(39)40)5-52-14(53-6-12(16,24(41)42)25(43)44,54-7-13(17,26(45)46)27(47)48)51-4-10(20(33)34,21(35)36)3-50-8-49-2-9(1-28,18(29)30)19(31)32/h28H,1-8H2. The molecule has 54 heavy (non-hydrogen) atoms. The van der Waals surface area contributed by atoms with Crippen LogP contribution in [0.15, 0.2) is 0 Å². The number of nitrogens with zero attached hydrogens (tertiary/aromatic N) is 10. The van der Waals surface area contributed by atoms with Crippen molar-refractivity contribution in [2.24, 2.45) is 0 Å². The SMILES string of the molecule is O=[N+]([O-])C(F)(COC(OCC(F)([N+](=O)[O-])[N+](=O)[O-])(OCC(F)([N+](=O)[O-])[N+](=O)[O-])OCC(COCOCC(CO)([N+](=O)[O-])[N+](=O)[O-])([N+](=O)[O-])[N+](=O)[O-])[N+](=O)[O-]. The Kier molecular flexibility index (Phi) is 15.7. The largest absolute Gasteiger partial charge is 0.638 e. The molecule has 37 nitrogen and oxygen atoms in total. The molecule has 0 unspecified atom stereocenters. The van der Waals surface area contributed by atoms with Crippen LogP contribution in [0.2, 0.25) is 0 Å². The van der Waals surface area contributed by atoms with Crippen molar-refractivity contribution in [3.8, 4) is 0 Å². The van der Waals surface area contributed by atoms with Crippen molar-refractivity contribution in [2.75, 3.05) is 53.0 Å².